The predicted molar refractivity (Wildman–Crippen MR) is 77.0 cm³/mol. The van der Waals surface area contributed by atoms with Crippen LogP contribution in [0.15, 0.2) is 16.7 Å². The van der Waals surface area contributed by atoms with Crippen molar-refractivity contribution in [3.63, 3.8) is 0 Å². The minimum atomic E-state index is -0.381. The number of hydrogen-bond donors (Lipinski definition) is 0. The van der Waals surface area contributed by atoms with Gasteiger partial charge in [-0.25, -0.2) is 0 Å². The molecule has 0 spiro atoms. The van der Waals surface area contributed by atoms with Crippen molar-refractivity contribution in [1.29, 1.82) is 0 Å². The van der Waals surface area contributed by atoms with Crippen molar-refractivity contribution in [3.05, 3.63) is 22.3 Å². The number of pyridine rings is 1. The number of rotatable bonds is 2. The van der Waals surface area contributed by atoms with Gasteiger partial charge in [-0.2, -0.15) is 0 Å². The van der Waals surface area contributed by atoms with Crippen LogP contribution in [0.3, 0.4) is 0 Å². The molecule has 1 aromatic heterocycles. The first-order valence-corrected chi connectivity index (χ1v) is 7.06. The first-order chi connectivity index (χ1) is 8.27. The second kappa shape index (κ2) is 4.62. The van der Waals surface area contributed by atoms with Crippen molar-refractivity contribution in [2.75, 3.05) is 0 Å². The molecule has 1 aliphatic rings. The van der Waals surface area contributed by atoms with Crippen LogP contribution >= 0.6 is 15.9 Å². The van der Waals surface area contributed by atoms with Crippen LogP contribution in [-0.4, -0.2) is 23.3 Å². The Morgan fingerprint density at radius 2 is 1.78 bits per heavy atom. The normalized spacial score (nSPS) is 21.3. The molecule has 0 bridgehead atoms. The molecule has 1 aromatic rings. The Kier molecular flexibility index (Phi) is 3.60. The summed E-state index contributed by atoms with van der Waals surface area (Å²) < 4.78 is 13.0. The zero-order chi connectivity index (χ0) is 13.6. The molecule has 3 nitrogen and oxygen atoms in total. The highest BCUT2D eigenvalue weighted by Crippen LogP contribution is 2.36. The molecule has 0 atom stereocenters. The van der Waals surface area contributed by atoms with Crippen molar-refractivity contribution in [2.24, 2.45) is 0 Å². The molecular weight excluding hydrogens is 293 g/mol. The van der Waals surface area contributed by atoms with Gasteiger partial charge in [-0.1, -0.05) is 6.92 Å². The molecule has 0 aliphatic carbocycles. The summed E-state index contributed by atoms with van der Waals surface area (Å²) in [5.41, 5.74) is 1.42. The van der Waals surface area contributed by atoms with E-state index < -0.39 is 0 Å². The van der Waals surface area contributed by atoms with Gasteiger partial charge in [0.15, 0.2) is 0 Å². The summed E-state index contributed by atoms with van der Waals surface area (Å²) in [6, 6.07) is 2.05. The van der Waals surface area contributed by atoms with E-state index in [1.165, 1.54) is 5.56 Å². The molecule has 0 unspecified atom stereocenters. The van der Waals surface area contributed by atoms with E-state index in [2.05, 4.69) is 27.8 Å². The molecule has 0 radical (unpaired) electrons. The van der Waals surface area contributed by atoms with Crippen LogP contribution in [0.1, 0.15) is 40.2 Å². The molecule has 0 N–H and O–H groups in total. The van der Waals surface area contributed by atoms with E-state index in [0.29, 0.717) is 0 Å². The van der Waals surface area contributed by atoms with Gasteiger partial charge in [-0.05, 0) is 61.7 Å². The number of aryl methyl sites for hydroxylation is 1. The summed E-state index contributed by atoms with van der Waals surface area (Å²) in [7, 11) is -0.381. The Morgan fingerprint density at radius 3 is 2.28 bits per heavy atom. The van der Waals surface area contributed by atoms with Gasteiger partial charge in [0.25, 0.3) is 0 Å². The highest BCUT2D eigenvalue weighted by molar-refractivity contribution is 9.10. The van der Waals surface area contributed by atoms with Gasteiger partial charge in [-0.3, -0.25) is 4.98 Å². The fourth-order valence-electron chi connectivity index (χ4n) is 1.86. The van der Waals surface area contributed by atoms with E-state index in [1.54, 1.807) is 0 Å². The lowest BCUT2D eigenvalue weighted by atomic mass is 9.83. The first-order valence-electron chi connectivity index (χ1n) is 6.27. The maximum absolute atomic E-state index is 5.99. The standard InChI is InChI=1S/C13H19BBrNO2/c1-6-9-7-11(16-8-10(9)15)14-17-12(2,3)13(4,5)18-14/h7-8H,6H2,1-5H3. The number of halogens is 1. The summed E-state index contributed by atoms with van der Waals surface area (Å²) in [5.74, 6) is 0. The monoisotopic (exact) mass is 311 g/mol. The second-order valence-corrected chi connectivity index (χ2v) is 6.50. The van der Waals surface area contributed by atoms with Crippen molar-refractivity contribution in [3.8, 4) is 0 Å². The molecule has 0 aromatic carbocycles. The molecule has 1 aliphatic heterocycles. The Hall–Kier alpha value is -0.385. The molecule has 98 valence electrons. The molecule has 0 amide bonds. The molecule has 0 saturated carbocycles. The van der Waals surface area contributed by atoms with E-state index in [9.17, 15) is 0 Å². The fraction of sp³-hybridized carbons (Fsp3) is 0.615. The fourth-order valence-corrected chi connectivity index (χ4v) is 2.36. The first kappa shape index (κ1) is 14.0. The third-order valence-electron chi connectivity index (χ3n) is 3.83. The van der Waals surface area contributed by atoms with Gasteiger partial charge >= 0.3 is 7.12 Å². The summed E-state index contributed by atoms with van der Waals surface area (Å²) in [5, 5.41) is 0. The SMILES string of the molecule is CCc1cc(B2OC(C)(C)C(C)(C)O2)ncc1Br. The van der Waals surface area contributed by atoms with E-state index in [4.69, 9.17) is 9.31 Å². The topological polar surface area (TPSA) is 31.4 Å². The molecule has 2 rings (SSSR count). The van der Waals surface area contributed by atoms with Crippen LogP contribution in [-0.2, 0) is 15.7 Å². The number of aromatic nitrogens is 1. The summed E-state index contributed by atoms with van der Waals surface area (Å²) in [6.07, 6.45) is 2.77. The lowest BCUT2D eigenvalue weighted by molar-refractivity contribution is 0.00578. The van der Waals surface area contributed by atoms with Crippen molar-refractivity contribution in [1.82, 2.24) is 4.98 Å². The average Bonchev–Trinajstić information content (AvgIpc) is 2.49. The smallest absolute Gasteiger partial charge is 0.398 e. The summed E-state index contributed by atoms with van der Waals surface area (Å²) in [6.45, 7) is 10.3. The lowest BCUT2D eigenvalue weighted by Crippen LogP contribution is -2.41. The van der Waals surface area contributed by atoms with Gasteiger partial charge in [0.05, 0.1) is 16.8 Å². The Bertz CT molecular complexity index is 446. The predicted octanol–water partition coefficient (Wildman–Crippen LogP) is 2.71. The van der Waals surface area contributed by atoms with Crippen molar-refractivity contribution >= 4 is 28.6 Å². The molecular formula is C13H19BBrNO2. The summed E-state index contributed by atoms with van der Waals surface area (Å²) in [4.78, 5) is 4.40. The minimum Gasteiger partial charge on any atom is -0.398 e. The van der Waals surface area contributed by atoms with Crippen LogP contribution < -0.4 is 5.59 Å². The largest absolute Gasteiger partial charge is 0.514 e. The third-order valence-corrected chi connectivity index (χ3v) is 4.55. The van der Waals surface area contributed by atoms with Gasteiger partial charge < -0.3 is 9.31 Å². The number of hydrogen-bond acceptors (Lipinski definition) is 3. The van der Waals surface area contributed by atoms with Crippen LogP contribution in [0.2, 0.25) is 0 Å². The van der Waals surface area contributed by atoms with Gasteiger partial charge in [-0.15, -0.1) is 0 Å². The third kappa shape index (κ3) is 2.36. The Morgan fingerprint density at radius 1 is 1.22 bits per heavy atom. The maximum atomic E-state index is 5.99. The van der Waals surface area contributed by atoms with Crippen LogP contribution in [0.5, 0.6) is 0 Å². The van der Waals surface area contributed by atoms with Crippen LogP contribution in [0.25, 0.3) is 0 Å². The quantitative estimate of drug-likeness (QED) is 0.787. The average molecular weight is 312 g/mol. The van der Waals surface area contributed by atoms with Crippen molar-refractivity contribution < 1.29 is 9.31 Å². The zero-order valence-electron chi connectivity index (χ0n) is 11.6. The van der Waals surface area contributed by atoms with Gasteiger partial charge in [0.2, 0.25) is 0 Å². The lowest BCUT2D eigenvalue weighted by Gasteiger charge is -2.32. The van der Waals surface area contributed by atoms with Gasteiger partial charge in [0, 0.05) is 10.7 Å². The molecule has 1 saturated heterocycles. The molecule has 18 heavy (non-hydrogen) atoms. The highest BCUT2D eigenvalue weighted by Gasteiger charge is 2.52. The van der Waals surface area contributed by atoms with E-state index >= 15 is 0 Å². The summed E-state index contributed by atoms with van der Waals surface area (Å²) >= 11 is 3.50. The zero-order valence-corrected chi connectivity index (χ0v) is 13.2. The van der Waals surface area contributed by atoms with Crippen LogP contribution in [0, 0.1) is 0 Å². The van der Waals surface area contributed by atoms with E-state index in [1.807, 2.05) is 40.0 Å². The highest BCUT2D eigenvalue weighted by atomic mass is 79.9. The molecule has 1 fully saturated rings. The molecule has 2 heterocycles. The van der Waals surface area contributed by atoms with Crippen LogP contribution in [0.4, 0.5) is 0 Å². The number of nitrogens with zero attached hydrogens (tertiary/aromatic N) is 1. The van der Waals surface area contributed by atoms with Gasteiger partial charge in [0.1, 0.15) is 0 Å². The van der Waals surface area contributed by atoms with Crippen molar-refractivity contribution in [2.45, 2.75) is 52.2 Å². The Labute approximate surface area is 118 Å². The minimum absolute atomic E-state index is 0.321. The maximum Gasteiger partial charge on any atom is 0.514 e. The van der Waals surface area contributed by atoms with E-state index in [-0.39, 0.29) is 18.3 Å². The molecule has 5 heteroatoms. The van der Waals surface area contributed by atoms with E-state index in [0.717, 1.165) is 16.5 Å². The Balaban J connectivity index is 2.30. The second-order valence-electron chi connectivity index (χ2n) is 5.64.